The minimum absolute atomic E-state index is 0.131. The van der Waals surface area contributed by atoms with Gasteiger partial charge in [0, 0.05) is 0 Å². The number of nitrogens with zero attached hydrogens (tertiary/aromatic N) is 4. The van der Waals surface area contributed by atoms with E-state index in [0.29, 0.717) is 6.01 Å². The van der Waals surface area contributed by atoms with Crippen LogP contribution in [0.5, 0.6) is 6.01 Å². The van der Waals surface area contributed by atoms with E-state index in [2.05, 4.69) is 22.1 Å². The van der Waals surface area contributed by atoms with Crippen LogP contribution in [0.3, 0.4) is 0 Å². The molecule has 0 saturated carbocycles. The van der Waals surface area contributed by atoms with Crippen LogP contribution in [0, 0.1) is 0 Å². The van der Waals surface area contributed by atoms with Gasteiger partial charge in [-0.1, -0.05) is 36.0 Å². The van der Waals surface area contributed by atoms with E-state index in [1.165, 1.54) is 0 Å². The van der Waals surface area contributed by atoms with Crippen molar-refractivity contribution in [1.82, 2.24) is 20.2 Å². The fraction of sp³-hybridized carbons (Fsp3) is 0.182. The van der Waals surface area contributed by atoms with Crippen LogP contribution in [-0.2, 0) is 0 Å². The van der Waals surface area contributed by atoms with Gasteiger partial charge in [-0.2, -0.15) is 4.68 Å². The molecule has 0 aliphatic carbocycles. The Kier molecular flexibility index (Phi) is 2.95. The van der Waals surface area contributed by atoms with Crippen molar-refractivity contribution in [2.45, 2.75) is 13.0 Å². The number of benzene rings is 1. The van der Waals surface area contributed by atoms with E-state index in [0.717, 1.165) is 5.69 Å². The molecular formula is C11H12N4O. The van der Waals surface area contributed by atoms with Crippen LogP contribution >= 0.6 is 0 Å². The van der Waals surface area contributed by atoms with E-state index in [1.807, 2.05) is 37.3 Å². The fourth-order valence-electron chi connectivity index (χ4n) is 1.20. The molecule has 1 aromatic heterocycles. The van der Waals surface area contributed by atoms with E-state index in [1.54, 1.807) is 10.8 Å². The monoisotopic (exact) mass is 216 g/mol. The summed E-state index contributed by atoms with van der Waals surface area (Å²) in [5.41, 5.74) is 0.860. The second-order valence-electron chi connectivity index (χ2n) is 3.27. The van der Waals surface area contributed by atoms with Gasteiger partial charge in [-0.25, -0.2) is 0 Å². The first-order chi connectivity index (χ1) is 7.81. The molecule has 0 saturated heterocycles. The highest BCUT2D eigenvalue weighted by Crippen LogP contribution is 2.13. The Labute approximate surface area is 93.4 Å². The first-order valence-corrected chi connectivity index (χ1v) is 4.94. The third kappa shape index (κ3) is 2.08. The molecular weight excluding hydrogens is 204 g/mol. The molecule has 5 nitrogen and oxygen atoms in total. The molecule has 1 aromatic carbocycles. The quantitative estimate of drug-likeness (QED) is 0.729. The zero-order valence-electron chi connectivity index (χ0n) is 8.95. The molecule has 2 aromatic rings. The van der Waals surface area contributed by atoms with E-state index in [-0.39, 0.29) is 6.10 Å². The molecule has 0 aliphatic rings. The van der Waals surface area contributed by atoms with Crippen molar-refractivity contribution < 1.29 is 4.74 Å². The Balaban J connectivity index is 2.29. The summed E-state index contributed by atoms with van der Waals surface area (Å²) in [5, 5.41) is 11.3. The largest absolute Gasteiger partial charge is 0.455 e. The average molecular weight is 216 g/mol. The molecule has 0 bridgehead atoms. The fourth-order valence-corrected chi connectivity index (χ4v) is 1.20. The van der Waals surface area contributed by atoms with Crippen LogP contribution in [0.15, 0.2) is 43.0 Å². The van der Waals surface area contributed by atoms with E-state index < -0.39 is 0 Å². The molecule has 0 aliphatic heterocycles. The van der Waals surface area contributed by atoms with Gasteiger partial charge in [0.1, 0.15) is 6.10 Å². The van der Waals surface area contributed by atoms with Gasteiger partial charge in [-0.05, 0) is 29.5 Å². The molecule has 0 radical (unpaired) electrons. The van der Waals surface area contributed by atoms with Crippen molar-refractivity contribution in [1.29, 1.82) is 0 Å². The lowest BCUT2D eigenvalue weighted by molar-refractivity contribution is 0.241. The topological polar surface area (TPSA) is 52.8 Å². The van der Waals surface area contributed by atoms with Gasteiger partial charge in [0.05, 0.1) is 5.69 Å². The second-order valence-corrected chi connectivity index (χ2v) is 3.27. The number of aromatic nitrogens is 4. The minimum atomic E-state index is -0.131. The third-order valence-electron chi connectivity index (χ3n) is 2.06. The Morgan fingerprint density at radius 2 is 2.12 bits per heavy atom. The first kappa shape index (κ1) is 10.4. The summed E-state index contributed by atoms with van der Waals surface area (Å²) in [4.78, 5) is 0. The standard InChI is InChI=1S/C11H12N4O/c1-3-9(2)16-11-12-13-14-15(11)10-7-5-4-6-8-10/h3-9H,1H2,2H3. The summed E-state index contributed by atoms with van der Waals surface area (Å²) in [6, 6.07) is 9.93. The number of hydrogen-bond donors (Lipinski definition) is 0. The molecule has 0 fully saturated rings. The number of tetrazole rings is 1. The van der Waals surface area contributed by atoms with E-state index >= 15 is 0 Å². The van der Waals surface area contributed by atoms with Gasteiger partial charge in [-0.15, -0.1) is 0 Å². The molecule has 0 spiro atoms. The maximum atomic E-state index is 5.50. The summed E-state index contributed by atoms with van der Waals surface area (Å²) in [5.74, 6) is 0. The van der Waals surface area contributed by atoms with Crippen molar-refractivity contribution in [2.24, 2.45) is 0 Å². The maximum Gasteiger partial charge on any atom is 0.340 e. The van der Waals surface area contributed by atoms with Crippen LogP contribution in [0.2, 0.25) is 0 Å². The van der Waals surface area contributed by atoms with Crippen molar-refractivity contribution in [3.8, 4) is 11.7 Å². The number of ether oxygens (including phenoxy) is 1. The SMILES string of the molecule is C=CC(C)Oc1nnnn1-c1ccccc1. The predicted octanol–water partition coefficient (Wildman–Crippen LogP) is 1.62. The highest BCUT2D eigenvalue weighted by atomic mass is 16.5. The molecule has 82 valence electrons. The molecule has 1 atom stereocenters. The molecule has 16 heavy (non-hydrogen) atoms. The molecule has 5 heteroatoms. The second kappa shape index (κ2) is 4.57. The van der Waals surface area contributed by atoms with E-state index in [9.17, 15) is 0 Å². The Morgan fingerprint density at radius 1 is 1.38 bits per heavy atom. The smallest absolute Gasteiger partial charge is 0.340 e. The van der Waals surface area contributed by atoms with Crippen LogP contribution in [0.25, 0.3) is 5.69 Å². The lowest BCUT2D eigenvalue weighted by atomic mass is 10.3. The summed E-state index contributed by atoms with van der Waals surface area (Å²) in [7, 11) is 0. The van der Waals surface area contributed by atoms with E-state index in [4.69, 9.17) is 4.74 Å². The van der Waals surface area contributed by atoms with Gasteiger partial charge < -0.3 is 4.74 Å². The number of hydrogen-bond acceptors (Lipinski definition) is 4. The lowest BCUT2D eigenvalue weighted by Crippen LogP contribution is -2.11. The molecule has 0 N–H and O–H groups in total. The van der Waals surface area contributed by atoms with Crippen molar-refractivity contribution in [3.05, 3.63) is 43.0 Å². The first-order valence-electron chi connectivity index (χ1n) is 4.94. The van der Waals surface area contributed by atoms with Gasteiger partial charge in [0.15, 0.2) is 0 Å². The summed E-state index contributed by atoms with van der Waals surface area (Å²) >= 11 is 0. The van der Waals surface area contributed by atoms with Gasteiger partial charge in [-0.3, -0.25) is 0 Å². The van der Waals surface area contributed by atoms with Crippen LogP contribution in [0.4, 0.5) is 0 Å². The highest BCUT2D eigenvalue weighted by Gasteiger charge is 2.10. The normalized spacial score (nSPS) is 12.1. The van der Waals surface area contributed by atoms with Crippen molar-refractivity contribution in [3.63, 3.8) is 0 Å². The van der Waals surface area contributed by atoms with Crippen molar-refractivity contribution in [2.75, 3.05) is 0 Å². The Morgan fingerprint density at radius 3 is 2.81 bits per heavy atom. The average Bonchev–Trinajstić information content (AvgIpc) is 2.78. The zero-order valence-corrected chi connectivity index (χ0v) is 8.95. The van der Waals surface area contributed by atoms with Crippen molar-refractivity contribution >= 4 is 0 Å². The predicted molar refractivity (Wildman–Crippen MR) is 59.4 cm³/mol. The van der Waals surface area contributed by atoms with Gasteiger partial charge >= 0.3 is 6.01 Å². The summed E-state index contributed by atoms with van der Waals surface area (Å²) in [6.45, 7) is 5.51. The number of rotatable bonds is 4. The third-order valence-corrected chi connectivity index (χ3v) is 2.06. The van der Waals surface area contributed by atoms with Crippen LogP contribution in [-0.4, -0.2) is 26.3 Å². The highest BCUT2D eigenvalue weighted by molar-refractivity contribution is 5.31. The van der Waals surface area contributed by atoms with Crippen LogP contribution in [0.1, 0.15) is 6.92 Å². The summed E-state index contributed by atoms with van der Waals surface area (Å²) in [6.07, 6.45) is 1.55. The number of para-hydroxylation sites is 1. The molecule has 2 rings (SSSR count). The Hall–Kier alpha value is -2.17. The molecule has 0 amide bonds. The van der Waals surface area contributed by atoms with Crippen LogP contribution < -0.4 is 4.74 Å². The zero-order chi connectivity index (χ0) is 11.4. The maximum absolute atomic E-state index is 5.50. The minimum Gasteiger partial charge on any atom is -0.455 e. The molecule has 1 unspecified atom stereocenters. The Bertz CT molecular complexity index is 466. The lowest BCUT2D eigenvalue weighted by Gasteiger charge is -2.09. The van der Waals surface area contributed by atoms with Gasteiger partial charge in [0.2, 0.25) is 0 Å². The summed E-state index contributed by atoms with van der Waals surface area (Å²) < 4.78 is 7.04. The van der Waals surface area contributed by atoms with Gasteiger partial charge in [0.25, 0.3) is 0 Å². The molecule has 1 heterocycles.